The lowest BCUT2D eigenvalue weighted by Gasteiger charge is -2.06. The van der Waals surface area contributed by atoms with E-state index in [-0.39, 0.29) is 5.91 Å². The van der Waals surface area contributed by atoms with Crippen LogP contribution in [0.3, 0.4) is 0 Å². The Balaban J connectivity index is 1.73. The first-order chi connectivity index (χ1) is 10.8. The fourth-order valence-electron chi connectivity index (χ4n) is 1.76. The standard InChI is InChI=1S/C16H12N4OS/c21-16(12-4-8-17-9-5-12)20-13-6-10-19-15(11-13)22-14-3-1-2-7-18-14/h1-11H,(H,19,20,21). The Hall–Kier alpha value is -2.73. The van der Waals surface area contributed by atoms with Crippen molar-refractivity contribution in [2.24, 2.45) is 0 Å². The molecule has 108 valence electrons. The molecule has 22 heavy (non-hydrogen) atoms. The number of amides is 1. The van der Waals surface area contributed by atoms with Crippen LogP contribution in [0.4, 0.5) is 5.69 Å². The molecule has 0 aliphatic carbocycles. The van der Waals surface area contributed by atoms with Crippen molar-refractivity contribution in [3.63, 3.8) is 0 Å². The van der Waals surface area contributed by atoms with Crippen LogP contribution in [0.15, 0.2) is 77.3 Å². The Morgan fingerprint density at radius 2 is 1.73 bits per heavy atom. The van der Waals surface area contributed by atoms with Crippen LogP contribution in [0.1, 0.15) is 10.4 Å². The molecule has 3 aromatic heterocycles. The van der Waals surface area contributed by atoms with Gasteiger partial charge in [0.05, 0.1) is 0 Å². The molecule has 1 N–H and O–H groups in total. The minimum atomic E-state index is -0.178. The first-order valence-electron chi connectivity index (χ1n) is 6.57. The highest BCUT2D eigenvalue weighted by atomic mass is 32.2. The summed E-state index contributed by atoms with van der Waals surface area (Å²) in [7, 11) is 0. The molecule has 0 radical (unpaired) electrons. The highest BCUT2D eigenvalue weighted by Crippen LogP contribution is 2.25. The summed E-state index contributed by atoms with van der Waals surface area (Å²) in [6, 6.07) is 12.6. The average Bonchev–Trinajstić information content (AvgIpc) is 2.57. The Morgan fingerprint density at radius 1 is 0.909 bits per heavy atom. The van der Waals surface area contributed by atoms with Crippen LogP contribution in [-0.2, 0) is 0 Å². The van der Waals surface area contributed by atoms with Gasteiger partial charge in [-0.3, -0.25) is 9.78 Å². The second-order valence-electron chi connectivity index (χ2n) is 4.34. The van der Waals surface area contributed by atoms with Crippen LogP contribution in [0, 0.1) is 0 Å². The number of nitrogens with zero attached hydrogens (tertiary/aromatic N) is 3. The molecule has 0 aliphatic rings. The smallest absolute Gasteiger partial charge is 0.255 e. The molecular weight excluding hydrogens is 296 g/mol. The van der Waals surface area contributed by atoms with E-state index in [2.05, 4.69) is 20.3 Å². The Morgan fingerprint density at radius 3 is 2.50 bits per heavy atom. The largest absolute Gasteiger partial charge is 0.322 e. The monoisotopic (exact) mass is 308 g/mol. The summed E-state index contributed by atoms with van der Waals surface area (Å²) < 4.78 is 0. The minimum Gasteiger partial charge on any atom is -0.322 e. The van der Waals surface area contributed by atoms with Crippen molar-refractivity contribution >= 4 is 23.4 Å². The van der Waals surface area contributed by atoms with Crippen molar-refractivity contribution in [3.8, 4) is 0 Å². The number of pyridine rings is 3. The predicted octanol–water partition coefficient (Wildman–Crippen LogP) is 3.28. The highest BCUT2D eigenvalue weighted by molar-refractivity contribution is 7.99. The fraction of sp³-hybridized carbons (Fsp3) is 0. The van der Waals surface area contributed by atoms with Crippen LogP contribution < -0.4 is 5.32 Å². The topological polar surface area (TPSA) is 67.8 Å². The van der Waals surface area contributed by atoms with Gasteiger partial charge in [0.25, 0.3) is 5.91 Å². The van der Waals surface area contributed by atoms with E-state index >= 15 is 0 Å². The molecule has 0 saturated heterocycles. The number of anilines is 1. The van der Waals surface area contributed by atoms with Gasteiger partial charge in [0, 0.05) is 36.0 Å². The lowest BCUT2D eigenvalue weighted by atomic mass is 10.2. The van der Waals surface area contributed by atoms with E-state index in [0.717, 1.165) is 10.1 Å². The molecule has 0 saturated carbocycles. The second kappa shape index (κ2) is 6.82. The molecule has 0 spiro atoms. The first-order valence-corrected chi connectivity index (χ1v) is 7.39. The van der Waals surface area contributed by atoms with Gasteiger partial charge in [0.2, 0.25) is 0 Å². The molecule has 0 fully saturated rings. The van der Waals surface area contributed by atoms with Gasteiger partial charge < -0.3 is 5.32 Å². The van der Waals surface area contributed by atoms with E-state index in [4.69, 9.17) is 0 Å². The van der Waals surface area contributed by atoms with Gasteiger partial charge >= 0.3 is 0 Å². The van der Waals surface area contributed by atoms with Crippen molar-refractivity contribution in [1.82, 2.24) is 15.0 Å². The maximum atomic E-state index is 12.1. The van der Waals surface area contributed by atoms with Crippen LogP contribution >= 0.6 is 11.8 Å². The third-order valence-corrected chi connectivity index (χ3v) is 3.67. The van der Waals surface area contributed by atoms with E-state index < -0.39 is 0 Å². The Kier molecular flexibility index (Phi) is 4.41. The van der Waals surface area contributed by atoms with Gasteiger partial charge in [0.15, 0.2) is 0 Å². The van der Waals surface area contributed by atoms with Crippen molar-refractivity contribution < 1.29 is 4.79 Å². The summed E-state index contributed by atoms with van der Waals surface area (Å²) in [5, 5.41) is 4.47. The van der Waals surface area contributed by atoms with E-state index in [1.165, 1.54) is 11.8 Å². The molecule has 0 bridgehead atoms. The van der Waals surface area contributed by atoms with E-state index in [1.807, 2.05) is 24.3 Å². The third kappa shape index (κ3) is 3.67. The molecule has 0 atom stereocenters. The number of carbonyl (C=O) groups excluding carboxylic acids is 1. The summed E-state index contributed by atoms with van der Waals surface area (Å²) in [6.07, 6.45) is 6.57. The van der Waals surface area contributed by atoms with Crippen molar-refractivity contribution in [3.05, 3.63) is 72.8 Å². The summed E-state index contributed by atoms with van der Waals surface area (Å²) in [5.74, 6) is -0.178. The lowest BCUT2D eigenvalue weighted by Crippen LogP contribution is -2.11. The molecule has 3 rings (SSSR count). The predicted molar refractivity (Wildman–Crippen MR) is 84.8 cm³/mol. The summed E-state index contributed by atoms with van der Waals surface area (Å²) >= 11 is 1.44. The number of rotatable bonds is 4. The van der Waals surface area contributed by atoms with Crippen LogP contribution in [-0.4, -0.2) is 20.9 Å². The van der Waals surface area contributed by atoms with E-state index in [0.29, 0.717) is 11.3 Å². The van der Waals surface area contributed by atoms with Gasteiger partial charge in [-0.2, -0.15) is 0 Å². The number of carbonyl (C=O) groups is 1. The van der Waals surface area contributed by atoms with Crippen LogP contribution in [0.25, 0.3) is 0 Å². The number of hydrogen-bond donors (Lipinski definition) is 1. The molecule has 0 aliphatic heterocycles. The Bertz CT molecular complexity index is 765. The molecule has 5 nitrogen and oxygen atoms in total. The number of nitrogens with one attached hydrogen (secondary N) is 1. The maximum Gasteiger partial charge on any atom is 0.255 e. The van der Waals surface area contributed by atoms with Gasteiger partial charge in [-0.15, -0.1) is 0 Å². The quantitative estimate of drug-likeness (QED) is 0.801. The van der Waals surface area contributed by atoms with E-state index in [1.54, 1.807) is 43.0 Å². The van der Waals surface area contributed by atoms with Gasteiger partial charge in [-0.05, 0) is 36.4 Å². The minimum absolute atomic E-state index is 0.178. The first kappa shape index (κ1) is 14.2. The Labute approximate surface area is 131 Å². The fourth-order valence-corrected chi connectivity index (χ4v) is 2.54. The van der Waals surface area contributed by atoms with Gasteiger partial charge in [-0.1, -0.05) is 17.8 Å². The average molecular weight is 308 g/mol. The normalized spacial score (nSPS) is 10.2. The zero-order valence-electron chi connectivity index (χ0n) is 11.5. The molecule has 3 aromatic rings. The van der Waals surface area contributed by atoms with Gasteiger partial charge in [-0.25, -0.2) is 9.97 Å². The lowest BCUT2D eigenvalue weighted by molar-refractivity contribution is 0.102. The second-order valence-corrected chi connectivity index (χ2v) is 5.38. The van der Waals surface area contributed by atoms with Crippen molar-refractivity contribution in [1.29, 1.82) is 0 Å². The molecular formula is C16H12N4OS. The molecule has 0 unspecified atom stereocenters. The molecule has 6 heteroatoms. The number of aromatic nitrogens is 3. The zero-order valence-corrected chi connectivity index (χ0v) is 12.3. The van der Waals surface area contributed by atoms with Crippen molar-refractivity contribution in [2.75, 3.05) is 5.32 Å². The summed E-state index contributed by atoms with van der Waals surface area (Å²) in [6.45, 7) is 0. The van der Waals surface area contributed by atoms with Crippen LogP contribution in [0.2, 0.25) is 0 Å². The summed E-state index contributed by atoms with van der Waals surface area (Å²) in [5.41, 5.74) is 1.25. The third-order valence-electron chi connectivity index (χ3n) is 2.78. The summed E-state index contributed by atoms with van der Waals surface area (Å²) in [4.78, 5) is 24.5. The molecule has 3 heterocycles. The van der Waals surface area contributed by atoms with Crippen LogP contribution in [0.5, 0.6) is 0 Å². The SMILES string of the molecule is O=C(Nc1ccnc(Sc2ccccn2)c1)c1ccncc1. The maximum absolute atomic E-state index is 12.1. The van der Waals surface area contributed by atoms with Gasteiger partial charge in [0.1, 0.15) is 10.1 Å². The highest BCUT2D eigenvalue weighted by Gasteiger charge is 2.07. The zero-order chi connectivity index (χ0) is 15.2. The molecule has 1 amide bonds. The number of hydrogen-bond acceptors (Lipinski definition) is 5. The van der Waals surface area contributed by atoms with Crippen molar-refractivity contribution in [2.45, 2.75) is 10.1 Å². The van der Waals surface area contributed by atoms with E-state index in [9.17, 15) is 4.79 Å². The molecule has 0 aromatic carbocycles.